The summed E-state index contributed by atoms with van der Waals surface area (Å²) in [4.78, 5) is 12.2. The van der Waals surface area contributed by atoms with E-state index in [0.29, 0.717) is 17.9 Å². The Morgan fingerprint density at radius 3 is 2.67 bits per heavy atom. The van der Waals surface area contributed by atoms with Crippen molar-refractivity contribution in [3.8, 4) is 0 Å². The lowest BCUT2D eigenvalue weighted by atomic mass is 10.2. The van der Waals surface area contributed by atoms with Crippen LogP contribution in [0.25, 0.3) is 6.08 Å². The van der Waals surface area contributed by atoms with Crippen LogP contribution in [0, 0.1) is 0 Å². The highest BCUT2D eigenvalue weighted by molar-refractivity contribution is 7.90. The number of amides is 1. The fraction of sp³-hybridized carbons (Fsp3) is 0.105. The van der Waals surface area contributed by atoms with Crippen molar-refractivity contribution >= 4 is 27.5 Å². The van der Waals surface area contributed by atoms with E-state index in [1.807, 2.05) is 30.3 Å². The van der Waals surface area contributed by atoms with Crippen LogP contribution in [0.5, 0.6) is 0 Å². The predicted molar refractivity (Wildman–Crippen MR) is 103 cm³/mol. The van der Waals surface area contributed by atoms with Crippen molar-refractivity contribution in [3.05, 3.63) is 78.1 Å². The molecule has 3 rings (SSSR count). The van der Waals surface area contributed by atoms with E-state index in [9.17, 15) is 13.2 Å². The van der Waals surface area contributed by atoms with Crippen molar-refractivity contribution in [2.75, 3.05) is 11.6 Å². The molecule has 0 fully saturated rings. The Morgan fingerprint density at radius 1 is 1.15 bits per heavy atom. The number of carbonyl (C=O) groups excluding carboxylic acids is 1. The molecule has 2 aromatic carbocycles. The first-order chi connectivity index (χ1) is 12.9. The van der Waals surface area contributed by atoms with E-state index < -0.39 is 15.7 Å². The maximum Gasteiger partial charge on any atom is 0.248 e. The Morgan fingerprint density at radius 2 is 1.93 bits per heavy atom. The second-order valence-electron chi connectivity index (χ2n) is 5.95. The topological polar surface area (TPSA) is 94.0 Å². The number of carbonyl (C=O) groups is 1. The highest BCUT2D eigenvalue weighted by atomic mass is 32.2. The van der Waals surface area contributed by atoms with Gasteiger partial charge in [0.25, 0.3) is 0 Å². The SMILES string of the molecule is CS(=O)(=O)c1cccc(NC(=O)/C=C/c2cn(Cc3ccccc3)nn2)c1. The van der Waals surface area contributed by atoms with Gasteiger partial charge in [0.15, 0.2) is 9.84 Å². The molecule has 0 unspecified atom stereocenters. The van der Waals surface area contributed by atoms with Gasteiger partial charge in [-0.1, -0.05) is 41.6 Å². The molecule has 7 nitrogen and oxygen atoms in total. The van der Waals surface area contributed by atoms with Gasteiger partial charge in [0.1, 0.15) is 5.69 Å². The Kier molecular flexibility index (Phi) is 5.46. The molecule has 0 saturated heterocycles. The maximum atomic E-state index is 12.0. The molecule has 0 radical (unpaired) electrons. The van der Waals surface area contributed by atoms with Crippen LogP contribution in [0.2, 0.25) is 0 Å². The van der Waals surface area contributed by atoms with E-state index in [0.717, 1.165) is 11.8 Å². The molecule has 3 aromatic rings. The lowest BCUT2D eigenvalue weighted by molar-refractivity contribution is -0.111. The van der Waals surface area contributed by atoms with E-state index in [4.69, 9.17) is 0 Å². The van der Waals surface area contributed by atoms with Crippen molar-refractivity contribution < 1.29 is 13.2 Å². The van der Waals surface area contributed by atoms with Crippen molar-refractivity contribution in [2.45, 2.75) is 11.4 Å². The Bertz CT molecular complexity index is 1070. The first-order valence-corrected chi connectivity index (χ1v) is 10.0. The number of benzene rings is 2. The third kappa shape index (κ3) is 5.35. The highest BCUT2D eigenvalue weighted by Crippen LogP contribution is 2.15. The molecule has 0 spiro atoms. The smallest absolute Gasteiger partial charge is 0.248 e. The summed E-state index contributed by atoms with van der Waals surface area (Å²) in [7, 11) is -3.33. The van der Waals surface area contributed by atoms with Gasteiger partial charge in [-0.25, -0.2) is 13.1 Å². The third-order valence-electron chi connectivity index (χ3n) is 3.68. The zero-order valence-electron chi connectivity index (χ0n) is 14.6. The molecule has 1 aromatic heterocycles. The van der Waals surface area contributed by atoms with Crippen molar-refractivity contribution in [1.29, 1.82) is 0 Å². The number of hydrogen-bond acceptors (Lipinski definition) is 5. The summed E-state index contributed by atoms with van der Waals surface area (Å²) >= 11 is 0. The zero-order valence-corrected chi connectivity index (χ0v) is 15.4. The molecule has 138 valence electrons. The Hall–Kier alpha value is -3.26. The average molecular weight is 382 g/mol. The molecule has 0 aliphatic rings. The van der Waals surface area contributed by atoms with Gasteiger partial charge in [0.05, 0.1) is 17.6 Å². The number of rotatable bonds is 6. The van der Waals surface area contributed by atoms with E-state index >= 15 is 0 Å². The third-order valence-corrected chi connectivity index (χ3v) is 4.79. The Labute approximate surface area is 157 Å². The van der Waals surface area contributed by atoms with Crippen LogP contribution in [-0.4, -0.2) is 35.6 Å². The Balaban J connectivity index is 1.62. The summed E-state index contributed by atoms with van der Waals surface area (Å²) in [5, 5.41) is 10.7. The van der Waals surface area contributed by atoms with E-state index in [-0.39, 0.29) is 4.90 Å². The second kappa shape index (κ2) is 7.96. The first kappa shape index (κ1) is 18.5. The van der Waals surface area contributed by atoms with Gasteiger partial charge < -0.3 is 5.32 Å². The molecule has 1 amide bonds. The van der Waals surface area contributed by atoms with Gasteiger partial charge in [0, 0.05) is 18.0 Å². The van der Waals surface area contributed by atoms with Gasteiger partial charge in [0.2, 0.25) is 5.91 Å². The van der Waals surface area contributed by atoms with Gasteiger partial charge in [-0.2, -0.15) is 0 Å². The van der Waals surface area contributed by atoms with Gasteiger partial charge in [-0.3, -0.25) is 4.79 Å². The van der Waals surface area contributed by atoms with Crippen LogP contribution in [0.15, 0.2) is 71.8 Å². The molecule has 1 heterocycles. The van der Waals surface area contributed by atoms with Crippen LogP contribution in [0.4, 0.5) is 5.69 Å². The monoisotopic (exact) mass is 382 g/mol. The molecular formula is C19H18N4O3S. The molecule has 0 bridgehead atoms. The van der Waals surface area contributed by atoms with Crippen LogP contribution in [0.3, 0.4) is 0 Å². The minimum Gasteiger partial charge on any atom is -0.322 e. The number of nitrogens with one attached hydrogen (secondary N) is 1. The molecule has 8 heteroatoms. The molecule has 0 saturated carbocycles. The molecule has 0 aliphatic carbocycles. The zero-order chi connectivity index (χ0) is 19.3. The summed E-state index contributed by atoms with van der Waals surface area (Å²) in [5.41, 5.74) is 2.05. The summed E-state index contributed by atoms with van der Waals surface area (Å²) in [5.74, 6) is -0.390. The van der Waals surface area contributed by atoms with Crippen LogP contribution in [0.1, 0.15) is 11.3 Å². The van der Waals surface area contributed by atoms with Crippen LogP contribution < -0.4 is 5.32 Å². The van der Waals surface area contributed by atoms with E-state index in [1.165, 1.54) is 18.2 Å². The summed E-state index contributed by atoms with van der Waals surface area (Å²) in [6.45, 7) is 0.589. The number of anilines is 1. The van der Waals surface area contributed by atoms with Gasteiger partial charge in [-0.05, 0) is 29.8 Å². The molecule has 27 heavy (non-hydrogen) atoms. The van der Waals surface area contributed by atoms with Crippen LogP contribution >= 0.6 is 0 Å². The van der Waals surface area contributed by atoms with E-state index in [2.05, 4.69) is 15.6 Å². The van der Waals surface area contributed by atoms with Crippen molar-refractivity contribution in [2.24, 2.45) is 0 Å². The molecular weight excluding hydrogens is 364 g/mol. The summed E-state index contributed by atoms with van der Waals surface area (Å²) in [6, 6.07) is 15.9. The molecule has 0 aliphatic heterocycles. The molecule has 1 N–H and O–H groups in total. The fourth-order valence-electron chi connectivity index (χ4n) is 2.39. The highest BCUT2D eigenvalue weighted by Gasteiger charge is 2.08. The standard InChI is InChI=1S/C19H18N4O3S/c1-27(25,26)18-9-5-8-16(12-18)20-19(24)11-10-17-14-23(22-21-17)13-15-6-3-2-4-7-15/h2-12,14H,13H2,1H3,(H,20,24)/b11-10+. The largest absolute Gasteiger partial charge is 0.322 e. The quantitative estimate of drug-likeness (QED) is 0.661. The fourth-order valence-corrected chi connectivity index (χ4v) is 3.05. The first-order valence-electron chi connectivity index (χ1n) is 8.13. The number of aromatic nitrogens is 3. The summed E-state index contributed by atoms with van der Waals surface area (Å²) < 4.78 is 24.8. The summed E-state index contributed by atoms with van der Waals surface area (Å²) in [6.07, 6.45) is 5.72. The maximum absolute atomic E-state index is 12.0. The number of nitrogens with zero attached hydrogens (tertiary/aromatic N) is 3. The van der Waals surface area contributed by atoms with Crippen molar-refractivity contribution in [3.63, 3.8) is 0 Å². The normalized spacial score (nSPS) is 11.6. The minimum atomic E-state index is -3.33. The average Bonchev–Trinajstić information content (AvgIpc) is 3.08. The number of sulfone groups is 1. The molecule has 0 atom stereocenters. The van der Waals surface area contributed by atoms with Gasteiger partial charge in [-0.15, -0.1) is 5.10 Å². The number of hydrogen-bond donors (Lipinski definition) is 1. The lowest BCUT2D eigenvalue weighted by Gasteiger charge is -2.04. The van der Waals surface area contributed by atoms with Gasteiger partial charge >= 0.3 is 0 Å². The van der Waals surface area contributed by atoms with E-state index in [1.54, 1.807) is 29.1 Å². The van der Waals surface area contributed by atoms with Crippen LogP contribution in [-0.2, 0) is 21.2 Å². The van der Waals surface area contributed by atoms with Crippen molar-refractivity contribution in [1.82, 2.24) is 15.0 Å². The predicted octanol–water partition coefficient (Wildman–Crippen LogP) is 2.38. The lowest BCUT2D eigenvalue weighted by Crippen LogP contribution is -2.08. The second-order valence-corrected chi connectivity index (χ2v) is 7.96. The minimum absolute atomic E-state index is 0.146.